The molecule has 0 aliphatic rings. The van der Waals surface area contributed by atoms with Crippen molar-refractivity contribution in [2.24, 2.45) is 0 Å². The van der Waals surface area contributed by atoms with Gasteiger partial charge < -0.3 is 10.2 Å². The predicted molar refractivity (Wildman–Crippen MR) is 129 cm³/mol. The van der Waals surface area contributed by atoms with Gasteiger partial charge in [-0.25, -0.2) is 4.39 Å². The lowest BCUT2D eigenvalue weighted by molar-refractivity contribution is -0.140. The summed E-state index contributed by atoms with van der Waals surface area (Å²) in [5, 5.41) is 3.39. The van der Waals surface area contributed by atoms with Crippen molar-refractivity contribution in [3.8, 4) is 0 Å². The Kier molecular flexibility index (Phi) is 9.02. The molecular formula is C27H28ClFN2O2. The van der Waals surface area contributed by atoms with E-state index in [9.17, 15) is 14.0 Å². The van der Waals surface area contributed by atoms with Crippen molar-refractivity contribution >= 4 is 23.4 Å². The van der Waals surface area contributed by atoms with Gasteiger partial charge in [0.15, 0.2) is 0 Å². The highest BCUT2D eigenvalue weighted by atomic mass is 35.5. The number of hydrogen-bond donors (Lipinski definition) is 1. The van der Waals surface area contributed by atoms with Gasteiger partial charge in [-0.15, -0.1) is 0 Å². The molecule has 1 N–H and O–H groups in total. The van der Waals surface area contributed by atoms with Crippen LogP contribution in [0, 0.1) is 5.82 Å². The van der Waals surface area contributed by atoms with Crippen molar-refractivity contribution in [2.75, 3.05) is 6.54 Å². The van der Waals surface area contributed by atoms with E-state index in [1.807, 2.05) is 43.3 Å². The maximum Gasteiger partial charge on any atom is 0.243 e. The molecule has 3 rings (SSSR count). The second-order valence-corrected chi connectivity index (χ2v) is 8.28. The third kappa shape index (κ3) is 6.90. The summed E-state index contributed by atoms with van der Waals surface area (Å²) in [4.78, 5) is 28.2. The van der Waals surface area contributed by atoms with Crippen LogP contribution in [0.3, 0.4) is 0 Å². The molecule has 0 aromatic heterocycles. The van der Waals surface area contributed by atoms with Crippen LogP contribution in [0.15, 0.2) is 78.9 Å². The molecule has 4 nitrogen and oxygen atoms in total. The summed E-state index contributed by atoms with van der Waals surface area (Å²) in [6, 6.07) is 22.1. The maximum atomic E-state index is 14.5. The van der Waals surface area contributed by atoms with E-state index in [1.54, 1.807) is 36.4 Å². The lowest BCUT2D eigenvalue weighted by atomic mass is 10.0. The number of hydrogen-bond acceptors (Lipinski definition) is 2. The number of nitrogens with one attached hydrogen (secondary N) is 1. The molecule has 6 heteroatoms. The fraction of sp³-hybridized carbons (Fsp3) is 0.259. The fourth-order valence-electron chi connectivity index (χ4n) is 3.64. The Balaban J connectivity index is 1.97. The van der Waals surface area contributed by atoms with E-state index < -0.39 is 11.9 Å². The molecule has 0 radical (unpaired) electrons. The van der Waals surface area contributed by atoms with Crippen LogP contribution < -0.4 is 5.32 Å². The van der Waals surface area contributed by atoms with Gasteiger partial charge in [-0.1, -0.05) is 85.3 Å². The quantitative estimate of drug-likeness (QED) is 0.447. The monoisotopic (exact) mass is 466 g/mol. The zero-order chi connectivity index (χ0) is 23.6. The number of carbonyl (C=O) groups excluding carboxylic acids is 2. The first-order valence-corrected chi connectivity index (χ1v) is 11.4. The molecule has 1 unspecified atom stereocenters. The van der Waals surface area contributed by atoms with Crippen molar-refractivity contribution in [1.29, 1.82) is 0 Å². The largest absolute Gasteiger partial charge is 0.354 e. The summed E-state index contributed by atoms with van der Waals surface area (Å²) < 4.78 is 14.5. The average molecular weight is 467 g/mol. The highest BCUT2D eigenvalue weighted by Crippen LogP contribution is 2.21. The number of carbonyl (C=O) groups is 2. The molecule has 0 aliphatic carbocycles. The van der Waals surface area contributed by atoms with Crippen LogP contribution in [0.25, 0.3) is 0 Å². The molecule has 0 saturated carbocycles. The van der Waals surface area contributed by atoms with Gasteiger partial charge in [0.25, 0.3) is 0 Å². The summed E-state index contributed by atoms with van der Waals surface area (Å²) in [6.45, 7) is 2.44. The number of benzene rings is 3. The molecule has 3 aromatic rings. The third-order valence-corrected chi connectivity index (χ3v) is 5.79. The number of rotatable bonds is 10. The van der Waals surface area contributed by atoms with Gasteiger partial charge in [0.1, 0.15) is 11.9 Å². The number of nitrogens with zero attached hydrogens (tertiary/aromatic N) is 1. The lowest BCUT2D eigenvalue weighted by Gasteiger charge is -2.32. The Labute approximate surface area is 199 Å². The van der Waals surface area contributed by atoms with Crippen molar-refractivity contribution in [2.45, 2.75) is 38.8 Å². The van der Waals surface area contributed by atoms with E-state index in [-0.39, 0.29) is 24.8 Å². The van der Waals surface area contributed by atoms with Crippen molar-refractivity contribution < 1.29 is 14.0 Å². The summed E-state index contributed by atoms with van der Waals surface area (Å²) in [6.07, 6.45) is 1.10. The molecule has 0 heterocycles. The van der Waals surface area contributed by atoms with E-state index in [1.165, 1.54) is 11.0 Å². The van der Waals surface area contributed by atoms with Crippen LogP contribution in [0.2, 0.25) is 5.02 Å². The first-order chi connectivity index (χ1) is 16.0. The van der Waals surface area contributed by atoms with Gasteiger partial charge in [-0.3, -0.25) is 9.59 Å². The van der Waals surface area contributed by atoms with Gasteiger partial charge in [0.05, 0.1) is 6.42 Å². The molecular weight excluding hydrogens is 439 g/mol. The third-order valence-electron chi connectivity index (χ3n) is 5.42. The van der Waals surface area contributed by atoms with E-state index in [2.05, 4.69) is 5.32 Å². The zero-order valence-corrected chi connectivity index (χ0v) is 19.4. The van der Waals surface area contributed by atoms with Crippen LogP contribution in [0.4, 0.5) is 4.39 Å². The fourth-order valence-corrected chi connectivity index (χ4v) is 3.84. The number of amides is 2. The Morgan fingerprint density at radius 2 is 1.58 bits per heavy atom. The molecule has 0 saturated heterocycles. The molecule has 0 spiro atoms. The van der Waals surface area contributed by atoms with E-state index in [0.717, 1.165) is 12.0 Å². The molecule has 0 bridgehead atoms. The smallest absolute Gasteiger partial charge is 0.243 e. The topological polar surface area (TPSA) is 49.4 Å². The minimum Gasteiger partial charge on any atom is -0.354 e. The molecule has 172 valence electrons. The normalized spacial score (nSPS) is 11.6. The van der Waals surface area contributed by atoms with Gasteiger partial charge in [-0.05, 0) is 29.7 Å². The predicted octanol–water partition coefficient (Wildman–Crippen LogP) is 5.19. The molecule has 33 heavy (non-hydrogen) atoms. The lowest BCUT2D eigenvalue weighted by Crippen LogP contribution is -2.51. The first kappa shape index (κ1) is 24.5. The minimum atomic E-state index is -0.798. The molecule has 0 fully saturated rings. The molecule has 3 aromatic carbocycles. The summed E-state index contributed by atoms with van der Waals surface area (Å²) in [5.41, 5.74) is 1.93. The van der Waals surface area contributed by atoms with Crippen molar-refractivity contribution in [1.82, 2.24) is 10.2 Å². The highest BCUT2D eigenvalue weighted by molar-refractivity contribution is 6.31. The highest BCUT2D eigenvalue weighted by Gasteiger charge is 2.31. The standard InChI is InChI=1S/C27H28ClFN2O2/c1-2-16-30-27(33)25(17-20-10-4-3-5-11-20)31(19-22-13-7-9-15-24(22)29)26(32)18-21-12-6-8-14-23(21)28/h3-15,25H,2,16-19H2,1H3,(H,30,33). The summed E-state index contributed by atoms with van der Waals surface area (Å²) in [5.74, 6) is -0.969. The minimum absolute atomic E-state index is 0.0144. The SMILES string of the molecule is CCCNC(=O)C(Cc1ccccc1)N(Cc1ccccc1F)C(=O)Cc1ccccc1Cl. The average Bonchev–Trinajstić information content (AvgIpc) is 2.83. The Morgan fingerprint density at radius 1 is 0.939 bits per heavy atom. The Hall–Kier alpha value is -3.18. The van der Waals surface area contributed by atoms with Gasteiger partial charge in [0, 0.05) is 30.1 Å². The van der Waals surface area contributed by atoms with Crippen molar-refractivity contribution in [3.05, 3.63) is 106 Å². The summed E-state index contributed by atoms with van der Waals surface area (Å²) >= 11 is 6.29. The second kappa shape index (κ2) is 12.2. The van der Waals surface area contributed by atoms with E-state index in [4.69, 9.17) is 11.6 Å². The maximum absolute atomic E-state index is 14.5. The van der Waals surface area contributed by atoms with E-state index in [0.29, 0.717) is 29.1 Å². The Bertz CT molecular complexity index is 1070. The van der Waals surface area contributed by atoms with Crippen molar-refractivity contribution in [3.63, 3.8) is 0 Å². The van der Waals surface area contributed by atoms with Crippen LogP contribution in [0.1, 0.15) is 30.0 Å². The number of halogens is 2. The van der Waals surface area contributed by atoms with Crippen LogP contribution in [-0.4, -0.2) is 29.3 Å². The van der Waals surface area contributed by atoms with Crippen LogP contribution in [-0.2, 0) is 29.0 Å². The molecule has 2 amide bonds. The van der Waals surface area contributed by atoms with E-state index >= 15 is 0 Å². The molecule has 0 aliphatic heterocycles. The zero-order valence-electron chi connectivity index (χ0n) is 18.6. The molecule has 1 atom stereocenters. The van der Waals surface area contributed by atoms with Crippen LogP contribution in [0.5, 0.6) is 0 Å². The van der Waals surface area contributed by atoms with Gasteiger partial charge in [0.2, 0.25) is 11.8 Å². The Morgan fingerprint density at radius 3 is 2.24 bits per heavy atom. The first-order valence-electron chi connectivity index (χ1n) is 11.1. The summed E-state index contributed by atoms with van der Waals surface area (Å²) in [7, 11) is 0. The van der Waals surface area contributed by atoms with Crippen LogP contribution >= 0.6 is 11.6 Å². The van der Waals surface area contributed by atoms with Gasteiger partial charge in [-0.2, -0.15) is 0 Å². The second-order valence-electron chi connectivity index (χ2n) is 7.88. The van der Waals surface area contributed by atoms with Gasteiger partial charge >= 0.3 is 0 Å².